The molecule has 0 aliphatic rings. The van der Waals surface area contributed by atoms with Crippen molar-refractivity contribution in [2.24, 2.45) is 17.2 Å². The number of carbonyl (C=O) groups is 3. The van der Waals surface area contributed by atoms with Crippen LogP contribution in [-0.4, -0.2) is 33.2 Å². The number of carboxylic acid groups (broad SMARTS) is 3. The van der Waals surface area contributed by atoms with Gasteiger partial charge in [0.05, 0.1) is 0 Å². The molecule has 19 heavy (non-hydrogen) atoms. The Kier molecular flexibility index (Phi) is 19.7. The Morgan fingerprint density at radius 2 is 0.684 bits per heavy atom. The maximum absolute atomic E-state index is 9.47. The van der Waals surface area contributed by atoms with Gasteiger partial charge in [-0.3, -0.25) is 0 Å². The second-order valence-electron chi connectivity index (χ2n) is 2.49. The first-order valence-electron chi connectivity index (χ1n) is 3.96. The minimum atomic E-state index is -1.16. The van der Waals surface area contributed by atoms with Crippen LogP contribution in [0.25, 0.3) is 0 Å². The standard InChI is InChI=1S/3C3H5NO2.Tb/c3*1-2(4)3(5)6;/h3*1,4H2,(H,5,6);. The summed E-state index contributed by atoms with van der Waals surface area (Å²) in [5.41, 5.74) is 13.0. The van der Waals surface area contributed by atoms with E-state index in [4.69, 9.17) is 15.3 Å². The van der Waals surface area contributed by atoms with Crippen LogP contribution in [0.3, 0.4) is 0 Å². The average molecular weight is 420 g/mol. The first-order valence-corrected chi connectivity index (χ1v) is 3.96. The molecule has 0 bridgehead atoms. The van der Waals surface area contributed by atoms with E-state index < -0.39 is 17.9 Å². The zero-order chi connectivity index (χ0) is 15.5. The number of hydrogen-bond acceptors (Lipinski definition) is 6. The maximum atomic E-state index is 9.47. The zero-order valence-electron chi connectivity index (χ0n) is 9.75. The van der Waals surface area contributed by atoms with Gasteiger partial charge in [-0.1, -0.05) is 19.7 Å². The molecule has 0 saturated heterocycles. The van der Waals surface area contributed by atoms with Crippen LogP contribution in [-0.2, 0) is 14.4 Å². The first kappa shape index (κ1) is 26.0. The van der Waals surface area contributed by atoms with Crippen molar-refractivity contribution in [3.8, 4) is 0 Å². The molecular formula is C9H15N3O6Tb. The fourth-order valence-corrected chi connectivity index (χ4v) is 0. The molecule has 0 amide bonds. The van der Waals surface area contributed by atoms with Gasteiger partial charge >= 0.3 is 17.9 Å². The van der Waals surface area contributed by atoms with Gasteiger partial charge in [0.25, 0.3) is 0 Å². The average Bonchev–Trinajstić information content (AvgIpc) is 2.18. The van der Waals surface area contributed by atoms with E-state index in [2.05, 4.69) is 36.9 Å². The monoisotopic (exact) mass is 420 g/mol. The normalized spacial score (nSPS) is 6.95. The van der Waals surface area contributed by atoms with E-state index in [9.17, 15) is 14.4 Å². The van der Waals surface area contributed by atoms with E-state index in [-0.39, 0.29) is 55.7 Å². The summed E-state index contributed by atoms with van der Waals surface area (Å²) < 4.78 is 0. The van der Waals surface area contributed by atoms with Gasteiger partial charge in [0, 0.05) is 38.6 Å². The van der Waals surface area contributed by atoms with Gasteiger partial charge in [0.15, 0.2) is 0 Å². The summed E-state index contributed by atoms with van der Waals surface area (Å²) in [4.78, 5) is 28.4. The van der Waals surface area contributed by atoms with E-state index in [1.165, 1.54) is 0 Å². The van der Waals surface area contributed by atoms with Crippen LogP contribution in [0.15, 0.2) is 36.8 Å². The summed E-state index contributed by atoms with van der Waals surface area (Å²) in [6.07, 6.45) is 0. The predicted octanol–water partition coefficient (Wildman–Crippen LogP) is -1.37. The minimum absolute atomic E-state index is 0. The summed E-state index contributed by atoms with van der Waals surface area (Å²) in [7, 11) is 0. The molecule has 0 aliphatic carbocycles. The van der Waals surface area contributed by atoms with Crippen molar-refractivity contribution in [1.82, 2.24) is 0 Å². The molecule has 0 fully saturated rings. The topological polar surface area (TPSA) is 190 Å². The molecule has 0 aliphatic heterocycles. The molecule has 0 aromatic rings. The molecule has 1 radical (unpaired) electrons. The molecule has 0 unspecified atom stereocenters. The first-order chi connectivity index (χ1) is 7.93. The molecule has 0 saturated carbocycles. The Morgan fingerprint density at radius 1 is 0.632 bits per heavy atom. The van der Waals surface area contributed by atoms with Crippen LogP contribution >= 0.6 is 0 Å². The summed E-state index contributed by atoms with van der Waals surface area (Å²) in [5, 5.41) is 23.3. The number of hydrogen-bond donors (Lipinski definition) is 6. The third-order valence-electron chi connectivity index (χ3n) is 0.824. The summed E-state index contributed by atoms with van der Waals surface area (Å²) in [5.74, 6) is -3.47. The zero-order valence-corrected chi connectivity index (χ0v) is 11.9. The number of carboxylic acids is 3. The van der Waals surface area contributed by atoms with Gasteiger partial charge in [-0.05, 0) is 0 Å². The Morgan fingerprint density at radius 3 is 0.684 bits per heavy atom. The molecule has 111 valence electrons. The molecule has 0 rings (SSSR count). The molecule has 10 heteroatoms. The van der Waals surface area contributed by atoms with Gasteiger partial charge in [-0.15, -0.1) is 0 Å². The Bertz CT molecular complexity index is 287. The minimum Gasteiger partial charge on any atom is -0.477 e. The van der Waals surface area contributed by atoms with Crippen molar-refractivity contribution in [3.05, 3.63) is 36.8 Å². The third kappa shape index (κ3) is 31.4. The Balaban J connectivity index is -0.0000000865. The van der Waals surface area contributed by atoms with Gasteiger partial charge in [0.1, 0.15) is 17.1 Å². The van der Waals surface area contributed by atoms with E-state index in [1.54, 1.807) is 0 Å². The molecule has 9 nitrogen and oxygen atoms in total. The van der Waals surface area contributed by atoms with Crippen LogP contribution in [0.5, 0.6) is 0 Å². The molecule has 0 aromatic carbocycles. The Labute approximate surface area is 139 Å². The van der Waals surface area contributed by atoms with Gasteiger partial charge in [-0.2, -0.15) is 0 Å². The van der Waals surface area contributed by atoms with E-state index in [0.29, 0.717) is 0 Å². The molecule has 0 atom stereocenters. The second-order valence-corrected chi connectivity index (χ2v) is 2.49. The number of nitrogens with two attached hydrogens (primary N) is 3. The van der Waals surface area contributed by atoms with Crippen LogP contribution in [0.2, 0.25) is 0 Å². The van der Waals surface area contributed by atoms with E-state index >= 15 is 0 Å². The molecular weight excluding hydrogens is 405 g/mol. The van der Waals surface area contributed by atoms with Crippen LogP contribution in [0.1, 0.15) is 0 Å². The van der Waals surface area contributed by atoms with Crippen molar-refractivity contribution in [1.29, 1.82) is 0 Å². The number of rotatable bonds is 3. The summed E-state index contributed by atoms with van der Waals surface area (Å²) in [6, 6.07) is 0. The van der Waals surface area contributed by atoms with Crippen molar-refractivity contribution in [3.63, 3.8) is 0 Å². The maximum Gasteiger partial charge on any atom is 0.351 e. The van der Waals surface area contributed by atoms with Gasteiger partial charge in [0.2, 0.25) is 0 Å². The summed E-state index contributed by atoms with van der Waals surface area (Å²) >= 11 is 0. The molecule has 9 N–H and O–H groups in total. The van der Waals surface area contributed by atoms with E-state index in [1.807, 2.05) is 0 Å². The third-order valence-corrected chi connectivity index (χ3v) is 0.824. The number of aliphatic carboxylic acids is 3. The molecule has 0 spiro atoms. The predicted molar refractivity (Wildman–Crippen MR) is 62.9 cm³/mol. The summed E-state index contributed by atoms with van der Waals surface area (Å²) in [6.45, 7) is 8.80. The molecule has 0 heterocycles. The largest absolute Gasteiger partial charge is 0.477 e. The second kappa shape index (κ2) is 14.4. The quantitative estimate of drug-likeness (QED) is 0.299. The molecule has 0 aromatic heterocycles. The smallest absolute Gasteiger partial charge is 0.351 e. The van der Waals surface area contributed by atoms with Crippen LogP contribution in [0, 0.1) is 38.6 Å². The van der Waals surface area contributed by atoms with Crippen molar-refractivity contribution >= 4 is 17.9 Å². The fraction of sp³-hybridized carbons (Fsp3) is 0. The SMILES string of the molecule is C=C(N)C(=O)O.C=C(N)C(=O)O.C=C(N)C(=O)O.[Tb]. The van der Waals surface area contributed by atoms with E-state index in [0.717, 1.165) is 0 Å². The van der Waals surface area contributed by atoms with Crippen molar-refractivity contribution in [2.45, 2.75) is 0 Å². The van der Waals surface area contributed by atoms with Crippen molar-refractivity contribution in [2.75, 3.05) is 0 Å². The van der Waals surface area contributed by atoms with Gasteiger partial charge < -0.3 is 32.5 Å². The fourth-order valence-electron chi connectivity index (χ4n) is 0. The van der Waals surface area contributed by atoms with Gasteiger partial charge in [-0.25, -0.2) is 14.4 Å². The van der Waals surface area contributed by atoms with Crippen molar-refractivity contribution < 1.29 is 68.3 Å². The van der Waals surface area contributed by atoms with Crippen LogP contribution < -0.4 is 17.2 Å². The Hall–Kier alpha value is -1.68. The van der Waals surface area contributed by atoms with Crippen LogP contribution in [0.4, 0.5) is 0 Å².